The lowest BCUT2D eigenvalue weighted by Crippen LogP contribution is -2.47. The number of anilines is 1. The Morgan fingerprint density at radius 1 is 1.04 bits per heavy atom. The number of nitrogens with one attached hydrogen (secondary N) is 1. The van der Waals surface area contributed by atoms with Gasteiger partial charge in [0, 0.05) is 40.4 Å². The number of rotatable bonds is 16. The number of carbonyl (C=O) groups is 2. The number of nitrogens with zero attached hydrogens (tertiary/aromatic N) is 5. The Kier molecular flexibility index (Phi) is 13.8. The van der Waals surface area contributed by atoms with E-state index in [4.69, 9.17) is 42.5 Å². The Bertz CT molecular complexity index is 1940. The highest BCUT2D eigenvalue weighted by Crippen LogP contribution is 2.40. The first-order chi connectivity index (χ1) is 25.2. The lowest BCUT2D eigenvalue weighted by atomic mass is 9.96. The molecule has 0 radical (unpaired) electrons. The minimum Gasteiger partial charge on any atom is -0.490 e. The van der Waals surface area contributed by atoms with Gasteiger partial charge in [-0.25, -0.2) is 14.8 Å². The SMILES string of the molecule is C[C@H](NC(=O)[C@@H](N)CCCN)C(=O)OCCOc1ccc(-c2c(C#N)c(SCc3csc(-c4ccc(Cl)cc4)n3)nc(N3CCCC3)c2C#N)cc1. The molecule has 1 aliphatic rings. The second kappa shape index (κ2) is 18.7. The molecule has 1 saturated heterocycles. The molecule has 270 valence electrons. The van der Waals surface area contributed by atoms with E-state index in [2.05, 4.69) is 22.4 Å². The Hall–Kier alpha value is -4.70. The molecule has 12 nitrogen and oxygen atoms in total. The average molecular weight is 759 g/mol. The number of carbonyl (C=O) groups excluding carboxylic acids is 2. The Morgan fingerprint density at radius 2 is 1.73 bits per heavy atom. The van der Waals surface area contributed by atoms with E-state index in [9.17, 15) is 20.1 Å². The number of halogens is 1. The van der Waals surface area contributed by atoms with Crippen molar-refractivity contribution in [3.05, 3.63) is 75.8 Å². The molecule has 2 atom stereocenters. The van der Waals surface area contributed by atoms with E-state index >= 15 is 0 Å². The van der Waals surface area contributed by atoms with E-state index < -0.39 is 24.0 Å². The Labute approximate surface area is 316 Å². The summed E-state index contributed by atoms with van der Waals surface area (Å²) in [5.41, 5.74) is 15.0. The van der Waals surface area contributed by atoms with Gasteiger partial charge in [0.15, 0.2) is 0 Å². The highest BCUT2D eigenvalue weighted by Gasteiger charge is 2.27. The van der Waals surface area contributed by atoms with Crippen molar-refractivity contribution < 1.29 is 19.1 Å². The number of pyridine rings is 1. The molecule has 5 rings (SSSR count). The van der Waals surface area contributed by atoms with Crippen LogP contribution in [0.1, 0.15) is 49.4 Å². The van der Waals surface area contributed by atoms with Crippen molar-refractivity contribution in [3.8, 4) is 39.6 Å². The summed E-state index contributed by atoms with van der Waals surface area (Å²) in [6.07, 6.45) is 3.02. The van der Waals surface area contributed by atoms with E-state index in [1.54, 1.807) is 24.3 Å². The second-order valence-electron chi connectivity index (χ2n) is 12.0. The van der Waals surface area contributed by atoms with Crippen LogP contribution in [-0.4, -0.2) is 66.8 Å². The molecule has 2 aromatic carbocycles. The fraction of sp³-hybridized carbons (Fsp3) is 0.351. The molecule has 0 spiro atoms. The van der Waals surface area contributed by atoms with Crippen LogP contribution in [0.15, 0.2) is 58.9 Å². The molecule has 1 fully saturated rings. The van der Waals surface area contributed by atoms with Crippen LogP contribution in [0.3, 0.4) is 0 Å². The normalized spacial score (nSPS) is 13.5. The van der Waals surface area contributed by atoms with Crippen LogP contribution in [-0.2, 0) is 20.1 Å². The molecule has 5 N–H and O–H groups in total. The van der Waals surface area contributed by atoms with Crippen molar-refractivity contribution in [2.24, 2.45) is 11.5 Å². The molecule has 1 amide bonds. The number of nitriles is 2. The largest absolute Gasteiger partial charge is 0.490 e. The number of benzene rings is 2. The third kappa shape index (κ3) is 9.79. The minimum absolute atomic E-state index is 0.0402. The lowest BCUT2D eigenvalue weighted by molar-refractivity contribution is -0.148. The number of thioether (sulfide) groups is 1. The molecular weight excluding hydrogens is 720 g/mol. The van der Waals surface area contributed by atoms with Crippen molar-refractivity contribution in [1.82, 2.24) is 15.3 Å². The first kappa shape index (κ1) is 38.5. The van der Waals surface area contributed by atoms with Gasteiger partial charge in [0.1, 0.15) is 58.6 Å². The summed E-state index contributed by atoms with van der Waals surface area (Å²) in [7, 11) is 0. The van der Waals surface area contributed by atoms with Gasteiger partial charge < -0.3 is 31.2 Å². The van der Waals surface area contributed by atoms with Gasteiger partial charge in [0.2, 0.25) is 5.91 Å². The number of hydrogen-bond donors (Lipinski definition) is 3. The molecular formula is C37H39ClN8O4S2. The number of amides is 1. The third-order valence-electron chi connectivity index (χ3n) is 8.28. The number of hydrogen-bond acceptors (Lipinski definition) is 13. The Morgan fingerprint density at radius 3 is 2.40 bits per heavy atom. The van der Waals surface area contributed by atoms with Crippen molar-refractivity contribution in [3.63, 3.8) is 0 Å². The van der Waals surface area contributed by atoms with Crippen LogP contribution in [0.4, 0.5) is 5.82 Å². The summed E-state index contributed by atoms with van der Waals surface area (Å²) >= 11 is 9.01. The highest BCUT2D eigenvalue weighted by molar-refractivity contribution is 7.98. The average Bonchev–Trinajstić information content (AvgIpc) is 3.88. The second-order valence-corrected chi connectivity index (χ2v) is 14.3. The van der Waals surface area contributed by atoms with Gasteiger partial charge in [-0.2, -0.15) is 10.5 Å². The smallest absolute Gasteiger partial charge is 0.328 e. The topological polar surface area (TPSA) is 193 Å². The summed E-state index contributed by atoms with van der Waals surface area (Å²) in [4.78, 5) is 36.4. The molecule has 0 unspecified atom stereocenters. The summed E-state index contributed by atoms with van der Waals surface area (Å²) in [5.74, 6) is 0.517. The maximum atomic E-state index is 12.4. The summed E-state index contributed by atoms with van der Waals surface area (Å²) in [5, 5.41) is 27.5. The van der Waals surface area contributed by atoms with E-state index in [-0.39, 0.29) is 13.2 Å². The van der Waals surface area contributed by atoms with Crippen LogP contribution < -0.4 is 26.4 Å². The predicted molar refractivity (Wildman–Crippen MR) is 203 cm³/mol. The molecule has 0 saturated carbocycles. The van der Waals surface area contributed by atoms with E-state index in [1.807, 2.05) is 29.6 Å². The fourth-order valence-electron chi connectivity index (χ4n) is 5.55. The van der Waals surface area contributed by atoms with Crippen LogP contribution in [0.25, 0.3) is 21.7 Å². The van der Waals surface area contributed by atoms with Gasteiger partial charge in [-0.05, 0) is 69.0 Å². The first-order valence-electron chi connectivity index (χ1n) is 16.8. The van der Waals surface area contributed by atoms with Gasteiger partial charge in [-0.3, -0.25) is 4.79 Å². The first-order valence-corrected chi connectivity index (χ1v) is 19.1. The van der Waals surface area contributed by atoms with Gasteiger partial charge in [-0.1, -0.05) is 47.6 Å². The van der Waals surface area contributed by atoms with E-state index in [1.165, 1.54) is 30.0 Å². The maximum absolute atomic E-state index is 12.4. The molecule has 1 aliphatic heterocycles. The molecule has 52 heavy (non-hydrogen) atoms. The third-order valence-corrected chi connectivity index (χ3v) is 10.5. The zero-order chi connectivity index (χ0) is 37.0. The van der Waals surface area contributed by atoms with Crippen molar-refractivity contribution >= 4 is 52.4 Å². The van der Waals surface area contributed by atoms with Gasteiger partial charge in [-0.15, -0.1) is 11.3 Å². The molecule has 3 heterocycles. The minimum atomic E-state index is -0.874. The molecule has 15 heteroatoms. The quantitative estimate of drug-likeness (QED) is 0.0723. The zero-order valence-corrected chi connectivity index (χ0v) is 31.0. The van der Waals surface area contributed by atoms with E-state index in [0.717, 1.165) is 42.2 Å². The van der Waals surface area contributed by atoms with Crippen molar-refractivity contribution in [2.75, 3.05) is 37.7 Å². The van der Waals surface area contributed by atoms with Crippen molar-refractivity contribution in [2.45, 2.75) is 55.5 Å². The fourth-order valence-corrected chi connectivity index (χ4v) is 7.48. The molecule has 2 aromatic heterocycles. The number of nitrogens with two attached hydrogens (primary N) is 2. The number of thiazole rings is 1. The number of aromatic nitrogens is 2. The zero-order valence-electron chi connectivity index (χ0n) is 28.6. The van der Waals surface area contributed by atoms with Gasteiger partial charge in [0.25, 0.3) is 0 Å². The highest BCUT2D eigenvalue weighted by atomic mass is 35.5. The van der Waals surface area contributed by atoms with Crippen LogP contribution in [0, 0.1) is 22.7 Å². The van der Waals surface area contributed by atoms with Crippen LogP contribution in [0.2, 0.25) is 5.02 Å². The number of ether oxygens (including phenoxy) is 2. The summed E-state index contributed by atoms with van der Waals surface area (Å²) in [6, 6.07) is 17.6. The summed E-state index contributed by atoms with van der Waals surface area (Å²) < 4.78 is 11.1. The van der Waals surface area contributed by atoms with Crippen molar-refractivity contribution in [1.29, 1.82) is 10.5 Å². The maximum Gasteiger partial charge on any atom is 0.328 e. The standard InChI is InChI=1S/C37H39ClN8O4S2/c1-23(43-34(47)31(42)5-4-14-39)37(48)50-18-17-49-28-12-8-24(9-13-28)32-29(19-40)33(46-15-2-3-16-46)45-36(30(32)20-41)52-22-27-21-51-35(44-27)25-6-10-26(38)11-7-25/h6-13,21,23,31H,2-5,14-18,22,39,42H2,1H3,(H,43,47)/t23-,31-/m0/s1. The molecule has 0 aliphatic carbocycles. The van der Waals surface area contributed by atoms with Crippen LogP contribution in [0.5, 0.6) is 5.75 Å². The molecule has 0 bridgehead atoms. The monoisotopic (exact) mass is 758 g/mol. The number of esters is 1. The molecule has 4 aromatic rings. The van der Waals surface area contributed by atoms with Gasteiger partial charge in [0.05, 0.1) is 17.3 Å². The predicted octanol–water partition coefficient (Wildman–Crippen LogP) is 5.65. The summed E-state index contributed by atoms with van der Waals surface area (Å²) in [6.45, 7) is 3.53. The van der Waals surface area contributed by atoms with E-state index in [0.29, 0.717) is 69.0 Å². The lowest BCUT2D eigenvalue weighted by Gasteiger charge is -2.22. The Balaban J connectivity index is 1.28. The van der Waals surface area contributed by atoms with Gasteiger partial charge >= 0.3 is 5.97 Å². The van der Waals surface area contributed by atoms with Crippen LogP contribution >= 0.6 is 34.7 Å².